The van der Waals surface area contributed by atoms with Crippen molar-refractivity contribution >= 4 is 17.6 Å². The fourth-order valence-corrected chi connectivity index (χ4v) is 4.10. The number of nitrogen functional groups attached to an aromatic ring is 1. The third kappa shape index (κ3) is 5.90. The predicted octanol–water partition coefficient (Wildman–Crippen LogP) is 2.37. The highest BCUT2D eigenvalue weighted by atomic mass is 19.1. The van der Waals surface area contributed by atoms with E-state index in [0.29, 0.717) is 5.75 Å². The van der Waals surface area contributed by atoms with Crippen LogP contribution in [0.25, 0.3) is 0 Å². The summed E-state index contributed by atoms with van der Waals surface area (Å²) in [5.74, 6) is -0.291. The van der Waals surface area contributed by atoms with Crippen LogP contribution in [0.4, 0.5) is 16.1 Å². The molecule has 0 aliphatic carbocycles. The van der Waals surface area contributed by atoms with Gasteiger partial charge in [0.15, 0.2) is 6.61 Å². The number of halogens is 1. The SMILES string of the molecule is CCc1ccc(N2CC[C@H](N)C2)cc1OCC(=O)N(Cc1nnc(N)o1)Cc1ccc(C#N)cc1F. The van der Waals surface area contributed by atoms with E-state index in [-0.39, 0.29) is 48.8 Å². The number of nitrogens with zero attached hydrogens (tertiary/aromatic N) is 5. The number of aryl methyl sites for hydroxylation is 1. The van der Waals surface area contributed by atoms with E-state index in [9.17, 15) is 9.18 Å². The van der Waals surface area contributed by atoms with Crippen molar-refractivity contribution in [1.82, 2.24) is 15.1 Å². The molecule has 1 aliphatic heterocycles. The van der Waals surface area contributed by atoms with Crippen LogP contribution in [0.2, 0.25) is 0 Å². The van der Waals surface area contributed by atoms with E-state index >= 15 is 0 Å². The van der Waals surface area contributed by atoms with Gasteiger partial charge in [-0.05, 0) is 36.6 Å². The summed E-state index contributed by atoms with van der Waals surface area (Å²) in [6, 6.07) is 11.9. The first kappa shape index (κ1) is 24.9. The van der Waals surface area contributed by atoms with E-state index < -0.39 is 11.7 Å². The Morgan fingerprint density at radius 1 is 1.28 bits per heavy atom. The molecule has 1 atom stereocenters. The van der Waals surface area contributed by atoms with Crippen molar-refractivity contribution in [3.8, 4) is 11.8 Å². The molecule has 0 radical (unpaired) electrons. The largest absolute Gasteiger partial charge is 0.483 e. The summed E-state index contributed by atoms with van der Waals surface area (Å²) in [4.78, 5) is 16.8. The van der Waals surface area contributed by atoms with Crippen molar-refractivity contribution in [2.24, 2.45) is 5.73 Å². The predicted molar refractivity (Wildman–Crippen MR) is 130 cm³/mol. The quantitative estimate of drug-likeness (QED) is 0.458. The Morgan fingerprint density at radius 3 is 2.72 bits per heavy atom. The van der Waals surface area contributed by atoms with Gasteiger partial charge in [0.1, 0.15) is 11.6 Å². The van der Waals surface area contributed by atoms with Gasteiger partial charge in [-0.3, -0.25) is 4.79 Å². The van der Waals surface area contributed by atoms with Crippen LogP contribution in [0.1, 0.15) is 35.9 Å². The monoisotopic (exact) mass is 493 g/mol. The molecule has 1 aliphatic rings. The second-order valence-electron chi connectivity index (χ2n) is 8.63. The maximum atomic E-state index is 14.6. The van der Waals surface area contributed by atoms with Gasteiger partial charge in [0.05, 0.1) is 18.2 Å². The molecule has 1 saturated heterocycles. The Labute approximate surface area is 208 Å². The number of aromatic nitrogens is 2. The Kier molecular flexibility index (Phi) is 7.65. The molecule has 0 saturated carbocycles. The summed E-state index contributed by atoms with van der Waals surface area (Å²) in [5, 5.41) is 16.4. The van der Waals surface area contributed by atoms with Crippen molar-refractivity contribution < 1.29 is 18.3 Å². The maximum absolute atomic E-state index is 14.6. The molecule has 2 aromatic carbocycles. The van der Waals surface area contributed by atoms with Gasteiger partial charge in [-0.2, -0.15) is 5.26 Å². The number of ether oxygens (including phenoxy) is 1. The minimum Gasteiger partial charge on any atom is -0.483 e. The summed E-state index contributed by atoms with van der Waals surface area (Å²) in [7, 11) is 0. The number of rotatable bonds is 9. The topological polar surface area (TPSA) is 148 Å². The van der Waals surface area contributed by atoms with Crippen molar-refractivity contribution in [2.75, 3.05) is 30.3 Å². The Morgan fingerprint density at radius 2 is 2.08 bits per heavy atom. The number of anilines is 2. The Hall–Kier alpha value is -4.17. The summed E-state index contributed by atoms with van der Waals surface area (Å²) in [6.45, 7) is 3.18. The van der Waals surface area contributed by atoms with Crippen LogP contribution in [0, 0.1) is 17.1 Å². The lowest BCUT2D eigenvalue weighted by Gasteiger charge is -2.23. The standard InChI is InChI=1S/C25H28FN7O3/c1-2-17-5-6-20(32-8-7-19(28)13-32)10-22(17)35-15-24(34)33(14-23-30-31-25(29)36-23)12-18-4-3-16(11-27)9-21(18)26/h3-6,9-10,19H,2,7-8,12-15,28H2,1H3,(H2,29,31)/t19-/m0/s1. The van der Waals surface area contributed by atoms with E-state index in [2.05, 4.69) is 15.1 Å². The first-order valence-corrected chi connectivity index (χ1v) is 11.7. The summed E-state index contributed by atoms with van der Waals surface area (Å²) in [5.41, 5.74) is 13.9. The van der Waals surface area contributed by atoms with Crippen LogP contribution in [0.3, 0.4) is 0 Å². The molecule has 0 spiro atoms. The number of hydrogen-bond acceptors (Lipinski definition) is 9. The molecule has 1 fully saturated rings. The van der Waals surface area contributed by atoms with Gasteiger partial charge < -0.3 is 30.4 Å². The molecular weight excluding hydrogens is 465 g/mol. The number of carbonyl (C=O) groups is 1. The molecular formula is C25H28FN7O3. The fraction of sp³-hybridized carbons (Fsp3) is 0.360. The van der Waals surface area contributed by atoms with E-state index in [0.717, 1.165) is 43.2 Å². The van der Waals surface area contributed by atoms with Crippen molar-refractivity contribution in [3.63, 3.8) is 0 Å². The number of nitriles is 1. The average molecular weight is 494 g/mol. The minimum atomic E-state index is -0.595. The fourth-order valence-electron chi connectivity index (χ4n) is 4.10. The van der Waals surface area contributed by atoms with Gasteiger partial charge in [-0.15, -0.1) is 5.10 Å². The van der Waals surface area contributed by atoms with E-state index in [4.69, 9.17) is 25.9 Å². The van der Waals surface area contributed by atoms with Gasteiger partial charge in [-0.25, -0.2) is 4.39 Å². The normalized spacial score (nSPS) is 15.1. The molecule has 188 valence electrons. The third-order valence-electron chi connectivity index (χ3n) is 6.08. The number of amides is 1. The zero-order valence-corrected chi connectivity index (χ0v) is 20.0. The zero-order valence-electron chi connectivity index (χ0n) is 20.0. The average Bonchev–Trinajstić information content (AvgIpc) is 3.50. The first-order valence-electron chi connectivity index (χ1n) is 11.7. The summed E-state index contributed by atoms with van der Waals surface area (Å²) < 4.78 is 25.8. The molecule has 4 rings (SSSR count). The summed E-state index contributed by atoms with van der Waals surface area (Å²) >= 11 is 0. The van der Waals surface area contributed by atoms with E-state index in [1.165, 1.54) is 17.0 Å². The molecule has 0 bridgehead atoms. The molecule has 11 heteroatoms. The lowest BCUT2D eigenvalue weighted by molar-refractivity contribution is -0.135. The minimum absolute atomic E-state index is 0.0851. The van der Waals surface area contributed by atoms with Gasteiger partial charge in [0.2, 0.25) is 5.89 Å². The van der Waals surface area contributed by atoms with Crippen LogP contribution in [-0.2, 0) is 24.3 Å². The molecule has 2 heterocycles. The molecule has 4 N–H and O–H groups in total. The third-order valence-corrected chi connectivity index (χ3v) is 6.08. The van der Waals surface area contributed by atoms with Crippen molar-refractivity contribution in [2.45, 2.75) is 38.9 Å². The van der Waals surface area contributed by atoms with Crippen LogP contribution in [0.5, 0.6) is 5.75 Å². The number of nitrogens with two attached hydrogens (primary N) is 2. The van der Waals surface area contributed by atoms with Crippen LogP contribution in [0.15, 0.2) is 40.8 Å². The Bertz CT molecular complexity index is 1270. The highest BCUT2D eigenvalue weighted by Gasteiger charge is 2.22. The van der Waals surface area contributed by atoms with E-state index in [1.54, 1.807) is 0 Å². The molecule has 36 heavy (non-hydrogen) atoms. The summed E-state index contributed by atoms with van der Waals surface area (Å²) in [6.07, 6.45) is 1.65. The zero-order chi connectivity index (χ0) is 25.7. The second-order valence-corrected chi connectivity index (χ2v) is 8.63. The van der Waals surface area contributed by atoms with Crippen LogP contribution >= 0.6 is 0 Å². The van der Waals surface area contributed by atoms with Crippen LogP contribution in [-0.4, -0.2) is 46.7 Å². The number of benzene rings is 2. The van der Waals surface area contributed by atoms with Crippen molar-refractivity contribution in [3.05, 3.63) is 64.8 Å². The van der Waals surface area contributed by atoms with Gasteiger partial charge in [0.25, 0.3) is 5.91 Å². The smallest absolute Gasteiger partial charge is 0.312 e. The first-order chi connectivity index (χ1) is 17.4. The molecule has 3 aromatic rings. The van der Waals surface area contributed by atoms with Crippen LogP contribution < -0.4 is 21.1 Å². The number of hydrogen-bond donors (Lipinski definition) is 2. The van der Waals surface area contributed by atoms with E-state index in [1.807, 2.05) is 31.2 Å². The number of carbonyl (C=O) groups excluding carboxylic acids is 1. The van der Waals surface area contributed by atoms with Crippen molar-refractivity contribution in [1.29, 1.82) is 5.26 Å². The molecule has 1 aromatic heterocycles. The highest BCUT2D eigenvalue weighted by molar-refractivity contribution is 5.78. The maximum Gasteiger partial charge on any atom is 0.312 e. The highest BCUT2D eigenvalue weighted by Crippen LogP contribution is 2.28. The van der Waals surface area contributed by atoms with Gasteiger partial charge in [-0.1, -0.05) is 24.2 Å². The lowest BCUT2D eigenvalue weighted by atomic mass is 10.1. The van der Waals surface area contributed by atoms with Gasteiger partial charge in [0, 0.05) is 43.0 Å². The molecule has 10 nitrogen and oxygen atoms in total. The lowest BCUT2D eigenvalue weighted by Crippen LogP contribution is -2.34. The Balaban J connectivity index is 1.51. The molecule has 0 unspecified atom stereocenters. The van der Waals surface area contributed by atoms with Gasteiger partial charge >= 0.3 is 6.01 Å². The second kappa shape index (κ2) is 11.0. The molecule has 1 amide bonds.